The Kier molecular flexibility index (Phi) is 2.63. The van der Waals surface area contributed by atoms with E-state index in [-0.39, 0.29) is 5.76 Å². The van der Waals surface area contributed by atoms with Crippen LogP contribution in [0, 0.1) is 11.3 Å². The minimum Gasteiger partial charge on any atom is -0.454 e. The van der Waals surface area contributed by atoms with Gasteiger partial charge in [-0.3, -0.25) is 9.78 Å². The molecule has 0 aliphatic carbocycles. The first-order valence-electron chi connectivity index (χ1n) is 6.26. The predicted molar refractivity (Wildman–Crippen MR) is 69.0 cm³/mol. The highest BCUT2D eigenvalue weighted by Gasteiger charge is 2.63. The average Bonchev–Trinajstić information content (AvgIpc) is 2.84. The summed E-state index contributed by atoms with van der Waals surface area (Å²) in [7, 11) is 0. The number of hydrogen-bond donors (Lipinski definition) is 1. The van der Waals surface area contributed by atoms with E-state index in [4.69, 9.17) is 14.2 Å². The summed E-state index contributed by atoms with van der Waals surface area (Å²) in [4.78, 5) is 25.3. The fraction of sp³-hybridized carbons (Fsp3) is 0.462. The number of ether oxygens (including phenoxy) is 3. The molecule has 2 fully saturated rings. The standard InChI is InChI=1S/C13H13N3O5/c1-7-9-10(21-12(2,3)20-9)13(6-14,19-7)16-5-4-8(17)15-11(16)18/h4-5,9-10H,1H2,2-3H3,(H,15,17,18)/t9?,10-,13+/m0/s1. The molecular formula is C13H13N3O5. The highest BCUT2D eigenvalue weighted by atomic mass is 16.8. The number of fused-ring (bicyclic) bond motifs is 1. The summed E-state index contributed by atoms with van der Waals surface area (Å²) < 4.78 is 17.8. The van der Waals surface area contributed by atoms with E-state index in [1.165, 1.54) is 6.20 Å². The second kappa shape index (κ2) is 4.07. The molecule has 0 bridgehead atoms. The zero-order chi connectivity index (χ0) is 15.4. The van der Waals surface area contributed by atoms with Crippen LogP contribution in [-0.4, -0.2) is 27.5 Å². The van der Waals surface area contributed by atoms with Crippen LogP contribution >= 0.6 is 0 Å². The molecule has 0 aromatic carbocycles. The molecule has 8 heteroatoms. The van der Waals surface area contributed by atoms with Crippen molar-refractivity contribution in [3.63, 3.8) is 0 Å². The van der Waals surface area contributed by atoms with E-state index in [0.717, 1.165) is 10.6 Å². The Morgan fingerprint density at radius 3 is 2.76 bits per heavy atom. The molecule has 1 N–H and O–H groups in total. The topological polar surface area (TPSA) is 106 Å². The summed E-state index contributed by atoms with van der Waals surface area (Å²) in [6.07, 6.45) is -0.346. The van der Waals surface area contributed by atoms with Crippen LogP contribution in [0.1, 0.15) is 13.8 Å². The first-order chi connectivity index (χ1) is 9.79. The van der Waals surface area contributed by atoms with Crippen LogP contribution in [-0.2, 0) is 19.9 Å². The Bertz CT molecular complexity index is 771. The number of nitriles is 1. The molecule has 8 nitrogen and oxygen atoms in total. The lowest BCUT2D eigenvalue weighted by molar-refractivity contribution is -0.189. The van der Waals surface area contributed by atoms with E-state index in [2.05, 4.69) is 11.6 Å². The van der Waals surface area contributed by atoms with Gasteiger partial charge in [0.1, 0.15) is 11.8 Å². The van der Waals surface area contributed by atoms with Crippen LogP contribution in [0.25, 0.3) is 0 Å². The first-order valence-corrected chi connectivity index (χ1v) is 6.26. The Morgan fingerprint density at radius 1 is 1.43 bits per heavy atom. The number of aromatic amines is 1. The zero-order valence-corrected chi connectivity index (χ0v) is 11.5. The van der Waals surface area contributed by atoms with Crippen molar-refractivity contribution in [1.82, 2.24) is 9.55 Å². The lowest BCUT2D eigenvalue weighted by Gasteiger charge is -2.29. The summed E-state index contributed by atoms with van der Waals surface area (Å²) in [6.45, 7) is 7.09. The van der Waals surface area contributed by atoms with Crippen molar-refractivity contribution in [3.8, 4) is 6.07 Å². The Hall–Kier alpha value is -2.37. The molecule has 0 amide bonds. The Balaban J connectivity index is 2.18. The van der Waals surface area contributed by atoms with Gasteiger partial charge < -0.3 is 14.2 Å². The third kappa shape index (κ3) is 1.82. The van der Waals surface area contributed by atoms with E-state index < -0.39 is 35.0 Å². The number of aromatic nitrogens is 2. The predicted octanol–water partition coefficient (Wildman–Crippen LogP) is -0.223. The van der Waals surface area contributed by atoms with Gasteiger partial charge >= 0.3 is 11.4 Å². The van der Waals surface area contributed by atoms with Crippen molar-refractivity contribution in [2.24, 2.45) is 0 Å². The Morgan fingerprint density at radius 2 is 2.14 bits per heavy atom. The van der Waals surface area contributed by atoms with Crippen molar-refractivity contribution < 1.29 is 14.2 Å². The zero-order valence-electron chi connectivity index (χ0n) is 11.5. The van der Waals surface area contributed by atoms with Crippen LogP contribution in [0.2, 0.25) is 0 Å². The fourth-order valence-electron chi connectivity index (χ4n) is 2.60. The van der Waals surface area contributed by atoms with Gasteiger partial charge in [-0.1, -0.05) is 6.58 Å². The lowest BCUT2D eigenvalue weighted by atomic mass is 10.1. The molecular weight excluding hydrogens is 278 g/mol. The second-order valence-electron chi connectivity index (χ2n) is 5.33. The second-order valence-corrected chi connectivity index (χ2v) is 5.33. The summed E-state index contributed by atoms with van der Waals surface area (Å²) in [5.41, 5.74) is -3.11. The van der Waals surface area contributed by atoms with Crippen LogP contribution < -0.4 is 11.2 Å². The molecule has 0 spiro atoms. The summed E-state index contributed by atoms with van der Waals surface area (Å²) in [6, 6.07) is 3.07. The third-order valence-electron chi connectivity index (χ3n) is 3.43. The van der Waals surface area contributed by atoms with Gasteiger partial charge in [-0.05, 0) is 13.8 Å². The number of nitrogens with one attached hydrogen (secondary N) is 1. The molecule has 2 aliphatic rings. The minimum absolute atomic E-state index is 0.199. The van der Waals surface area contributed by atoms with Crippen molar-refractivity contribution in [2.75, 3.05) is 0 Å². The smallest absolute Gasteiger partial charge is 0.332 e. The Labute approximate surface area is 119 Å². The average molecular weight is 291 g/mol. The van der Waals surface area contributed by atoms with Crippen molar-refractivity contribution in [2.45, 2.75) is 37.6 Å². The van der Waals surface area contributed by atoms with Crippen LogP contribution in [0.15, 0.2) is 34.2 Å². The molecule has 0 saturated carbocycles. The van der Waals surface area contributed by atoms with E-state index >= 15 is 0 Å². The van der Waals surface area contributed by atoms with Gasteiger partial charge in [0, 0.05) is 12.3 Å². The van der Waals surface area contributed by atoms with Crippen LogP contribution in [0.4, 0.5) is 0 Å². The highest BCUT2D eigenvalue weighted by molar-refractivity contribution is 5.22. The van der Waals surface area contributed by atoms with E-state index in [0.29, 0.717) is 0 Å². The van der Waals surface area contributed by atoms with Crippen molar-refractivity contribution in [3.05, 3.63) is 45.4 Å². The van der Waals surface area contributed by atoms with E-state index in [9.17, 15) is 14.9 Å². The van der Waals surface area contributed by atoms with Gasteiger partial charge in [0.25, 0.3) is 5.56 Å². The van der Waals surface area contributed by atoms with Gasteiger partial charge in [-0.2, -0.15) is 5.26 Å². The lowest BCUT2D eigenvalue weighted by Crippen LogP contribution is -2.50. The SMILES string of the molecule is C=C1O[C@@](C#N)(n2ccc(=O)[nH]c2=O)[C@H]2OC(C)(C)OC12. The van der Waals surface area contributed by atoms with Gasteiger partial charge in [0.2, 0.25) is 0 Å². The van der Waals surface area contributed by atoms with Crippen LogP contribution in [0.5, 0.6) is 0 Å². The number of nitrogens with zero attached hydrogens (tertiary/aromatic N) is 2. The molecule has 3 atom stereocenters. The molecule has 1 aromatic heterocycles. The van der Waals surface area contributed by atoms with E-state index in [1.807, 2.05) is 6.07 Å². The van der Waals surface area contributed by atoms with Crippen molar-refractivity contribution >= 4 is 0 Å². The maximum atomic E-state index is 12.0. The monoisotopic (exact) mass is 291 g/mol. The molecule has 3 heterocycles. The molecule has 1 unspecified atom stereocenters. The maximum Gasteiger partial charge on any atom is 0.332 e. The first kappa shape index (κ1) is 13.6. The van der Waals surface area contributed by atoms with Gasteiger partial charge in [0.15, 0.2) is 18.0 Å². The molecule has 2 aliphatic heterocycles. The molecule has 21 heavy (non-hydrogen) atoms. The van der Waals surface area contributed by atoms with Crippen molar-refractivity contribution in [1.29, 1.82) is 5.26 Å². The van der Waals surface area contributed by atoms with Gasteiger partial charge in [0.05, 0.1) is 0 Å². The highest BCUT2D eigenvalue weighted by Crippen LogP contribution is 2.46. The fourth-order valence-corrected chi connectivity index (χ4v) is 2.60. The largest absolute Gasteiger partial charge is 0.454 e. The summed E-state index contributed by atoms with van der Waals surface area (Å²) in [5, 5.41) is 9.60. The minimum atomic E-state index is -1.77. The number of hydrogen-bond acceptors (Lipinski definition) is 6. The van der Waals surface area contributed by atoms with Gasteiger partial charge in [-0.15, -0.1) is 0 Å². The van der Waals surface area contributed by atoms with Crippen LogP contribution in [0.3, 0.4) is 0 Å². The quantitative estimate of drug-likeness (QED) is 0.766. The normalized spacial score (nSPS) is 33.3. The molecule has 110 valence electrons. The summed E-state index contributed by atoms with van der Waals surface area (Å²) >= 11 is 0. The molecule has 2 saturated heterocycles. The summed E-state index contributed by atoms with van der Waals surface area (Å²) in [5.74, 6) is -0.735. The van der Waals surface area contributed by atoms with Gasteiger partial charge in [-0.25, -0.2) is 9.36 Å². The number of H-pyrrole nitrogens is 1. The molecule has 0 radical (unpaired) electrons. The third-order valence-corrected chi connectivity index (χ3v) is 3.43. The molecule has 1 aromatic rings. The maximum absolute atomic E-state index is 12.0. The molecule has 3 rings (SSSR count). The number of rotatable bonds is 1. The van der Waals surface area contributed by atoms with E-state index in [1.54, 1.807) is 13.8 Å².